The van der Waals surface area contributed by atoms with Crippen LogP contribution >= 0.6 is 0 Å². The van der Waals surface area contributed by atoms with Crippen molar-refractivity contribution in [2.75, 3.05) is 19.8 Å². The molecule has 0 aliphatic rings. The topological polar surface area (TPSA) is 44.5 Å². The summed E-state index contributed by atoms with van der Waals surface area (Å²) >= 11 is 0. The summed E-state index contributed by atoms with van der Waals surface area (Å²) in [4.78, 5) is 0. The summed E-state index contributed by atoms with van der Waals surface area (Å²) in [5, 5.41) is 0. The van der Waals surface area contributed by atoms with E-state index in [4.69, 9.17) is 15.2 Å². The molecule has 0 saturated carbocycles. The zero-order valence-corrected chi connectivity index (χ0v) is 10.4. The van der Waals surface area contributed by atoms with Crippen molar-refractivity contribution in [3.05, 3.63) is 29.6 Å². The zero-order chi connectivity index (χ0) is 12.7. The average Bonchev–Trinajstić information content (AvgIpc) is 2.30. The molecule has 0 saturated heterocycles. The molecule has 0 bridgehead atoms. The van der Waals surface area contributed by atoms with E-state index in [0.717, 1.165) is 6.42 Å². The molecule has 4 heteroatoms. The Bertz CT molecular complexity index is 342. The van der Waals surface area contributed by atoms with Gasteiger partial charge in [-0.15, -0.1) is 0 Å². The molecule has 0 aromatic heterocycles. The van der Waals surface area contributed by atoms with E-state index in [-0.39, 0.29) is 11.9 Å². The van der Waals surface area contributed by atoms with Gasteiger partial charge in [-0.1, -0.05) is 0 Å². The van der Waals surface area contributed by atoms with Crippen LogP contribution < -0.4 is 10.5 Å². The van der Waals surface area contributed by atoms with Crippen molar-refractivity contribution in [3.8, 4) is 5.75 Å². The maximum atomic E-state index is 13.1. The summed E-state index contributed by atoms with van der Waals surface area (Å²) in [5.41, 5.74) is 6.46. The summed E-state index contributed by atoms with van der Waals surface area (Å²) in [6.07, 6.45) is 0.809. The van der Waals surface area contributed by atoms with E-state index in [1.807, 2.05) is 13.8 Å². The molecule has 2 N–H and O–H groups in total. The highest BCUT2D eigenvalue weighted by molar-refractivity contribution is 5.36. The van der Waals surface area contributed by atoms with Crippen LogP contribution in [-0.4, -0.2) is 19.8 Å². The summed E-state index contributed by atoms with van der Waals surface area (Å²) in [5.74, 6) is 0.358. The second-order valence-electron chi connectivity index (χ2n) is 3.87. The highest BCUT2D eigenvalue weighted by Gasteiger charge is 2.09. The summed E-state index contributed by atoms with van der Waals surface area (Å²) < 4.78 is 23.8. The maximum absolute atomic E-state index is 13.1. The van der Waals surface area contributed by atoms with Crippen molar-refractivity contribution < 1.29 is 13.9 Å². The lowest BCUT2D eigenvalue weighted by Gasteiger charge is -2.14. The number of halogens is 1. The van der Waals surface area contributed by atoms with Crippen LogP contribution in [0.3, 0.4) is 0 Å². The third-order valence-electron chi connectivity index (χ3n) is 2.36. The van der Waals surface area contributed by atoms with Crippen molar-refractivity contribution in [2.24, 2.45) is 5.73 Å². The van der Waals surface area contributed by atoms with Gasteiger partial charge in [-0.25, -0.2) is 4.39 Å². The molecule has 3 nitrogen and oxygen atoms in total. The van der Waals surface area contributed by atoms with Gasteiger partial charge in [0.05, 0.1) is 6.61 Å². The van der Waals surface area contributed by atoms with Gasteiger partial charge in [-0.05, 0) is 32.0 Å². The number of hydrogen-bond donors (Lipinski definition) is 1. The van der Waals surface area contributed by atoms with Crippen LogP contribution in [0, 0.1) is 5.82 Å². The second-order valence-corrected chi connectivity index (χ2v) is 3.87. The Morgan fingerprint density at radius 1 is 1.35 bits per heavy atom. The molecule has 0 heterocycles. The van der Waals surface area contributed by atoms with Gasteiger partial charge in [0.15, 0.2) is 0 Å². The number of ether oxygens (including phenoxy) is 2. The van der Waals surface area contributed by atoms with Crippen LogP contribution in [0.1, 0.15) is 31.9 Å². The van der Waals surface area contributed by atoms with Crippen LogP contribution in [0.2, 0.25) is 0 Å². The molecule has 0 fully saturated rings. The molecule has 1 unspecified atom stereocenters. The predicted octanol–water partition coefficient (Wildman–Crippen LogP) is 2.65. The maximum Gasteiger partial charge on any atom is 0.124 e. The van der Waals surface area contributed by atoms with Crippen molar-refractivity contribution in [2.45, 2.75) is 26.3 Å². The summed E-state index contributed by atoms with van der Waals surface area (Å²) in [6, 6.07) is 4.17. The zero-order valence-electron chi connectivity index (χ0n) is 10.4. The van der Waals surface area contributed by atoms with Crippen molar-refractivity contribution in [1.29, 1.82) is 0 Å². The normalized spacial score (nSPS) is 12.5. The summed E-state index contributed by atoms with van der Waals surface area (Å²) in [6.45, 7) is 5.69. The Morgan fingerprint density at radius 3 is 2.76 bits per heavy atom. The third-order valence-corrected chi connectivity index (χ3v) is 2.36. The van der Waals surface area contributed by atoms with E-state index in [2.05, 4.69) is 0 Å². The molecule has 96 valence electrons. The Kier molecular flexibility index (Phi) is 5.94. The van der Waals surface area contributed by atoms with Gasteiger partial charge < -0.3 is 15.2 Å². The molecule has 0 radical (unpaired) electrons. The Hall–Kier alpha value is -1.13. The average molecular weight is 241 g/mol. The van der Waals surface area contributed by atoms with Gasteiger partial charge in [0, 0.05) is 31.2 Å². The minimum atomic E-state index is -0.293. The highest BCUT2D eigenvalue weighted by Crippen LogP contribution is 2.24. The second kappa shape index (κ2) is 7.25. The van der Waals surface area contributed by atoms with Crippen LogP contribution in [0.25, 0.3) is 0 Å². The van der Waals surface area contributed by atoms with Crippen molar-refractivity contribution >= 4 is 0 Å². The Labute approximate surface area is 102 Å². The molecule has 17 heavy (non-hydrogen) atoms. The SMILES string of the molecule is CCOCCCOc1ccc(F)cc1C(C)N. The van der Waals surface area contributed by atoms with Crippen LogP contribution in [0.5, 0.6) is 5.75 Å². The monoisotopic (exact) mass is 241 g/mol. The first kappa shape index (κ1) is 13.9. The van der Waals surface area contributed by atoms with Gasteiger partial charge in [-0.2, -0.15) is 0 Å². The van der Waals surface area contributed by atoms with Crippen molar-refractivity contribution in [3.63, 3.8) is 0 Å². The Morgan fingerprint density at radius 2 is 2.12 bits per heavy atom. The lowest BCUT2D eigenvalue weighted by molar-refractivity contribution is 0.130. The number of hydrogen-bond acceptors (Lipinski definition) is 3. The lowest BCUT2D eigenvalue weighted by Crippen LogP contribution is -2.10. The number of rotatable bonds is 7. The van der Waals surface area contributed by atoms with Gasteiger partial charge in [0.2, 0.25) is 0 Å². The standard InChI is InChI=1S/C13H20FNO2/c1-3-16-7-4-8-17-13-6-5-11(14)9-12(13)10(2)15/h5-6,9-10H,3-4,7-8,15H2,1-2H3. The van der Waals surface area contributed by atoms with Gasteiger partial charge in [0.1, 0.15) is 11.6 Å². The molecule has 1 atom stereocenters. The molecule has 0 amide bonds. The highest BCUT2D eigenvalue weighted by atomic mass is 19.1. The van der Waals surface area contributed by atoms with E-state index in [9.17, 15) is 4.39 Å². The first-order valence-electron chi connectivity index (χ1n) is 5.90. The fraction of sp³-hybridized carbons (Fsp3) is 0.538. The van der Waals surface area contributed by atoms with E-state index < -0.39 is 0 Å². The van der Waals surface area contributed by atoms with Crippen molar-refractivity contribution in [1.82, 2.24) is 0 Å². The number of benzene rings is 1. The first-order valence-corrected chi connectivity index (χ1v) is 5.90. The predicted molar refractivity (Wildman–Crippen MR) is 65.6 cm³/mol. The smallest absolute Gasteiger partial charge is 0.124 e. The van der Waals surface area contributed by atoms with E-state index in [1.165, 1.54) is 12.1 Å². The fourth-order valence-electron chi connectivity index (χ4n) is 1.49. The van der Waals surface area contributed by atoms with E-state index >= 15 is 0 Å². The summed E-state index contributed by atoms with van der Waals surface area (Å²) in [7, 11) is 0. The van der Waals surface area contributed by atoms with Gasteiger partial charge in [0.25, 0.3) is 0 Å². The molecule has 1 rings (SSSR count). The van der Waals surface area contributed by atoms with Gasteiger partial charge in [-0.3, -0.25) is 0 Å². The number of nitrogens with two attached hydrogens (primary N) is 1. The minimum Gasteiger partial charge on any atom is -0.493 e. The van der Waals surface area contributed by atoms with Crippen LogP contribution in [-0.2, 0) is 4.74 Å². The minimum absolute atomic E-state index is 0.243. The molecule has 0 aliphatic carbocycles. The third kappa shape index (κ3) is 4.71. The quantitative estimate of drug-likeness (QED) is 0.746. The van der Waals surface area contributed by atoms with E-state index in [0.29, 0.717) is 31.1 Å². The van der Waals surface area contributed by atoms with Crippen LogP contribution in [0.4, 0.5) is 4.39 Å². The molecular weight excluding hydrogens is 221 g/mol. The van der Waals surface area contributed by atoms with Crippen LogP contribution in [0.15, 0.2) is 18.2 Å². The van der Waals surface area contributed by atoms with Gasteiger partial charge >= 0.3 is 0 Å². The molecule has 1 aromatic carbocycles. The lowest BCUT2D eigenvalue weighted by atomic mass is 10.1. The first-order chi connectivity index (χ1) is 8.15. The molecule has 0 aliphatic heterocycles. The molecule has 1 aromatic rings. The molecule has 0 spiro atoms. The molecular formula is C13H20FNO2. The van der Waals surface area contributed by atoms with E-state index in [1.54, 1.807) is 6.07 Å². The largest absolute Gasteiger partial charge is 0.493 e. The fourth-order valence-corrected chi connectivity index (χ4v) is 1.49. The Balaban J connectivity index is 2.52.